The Bertz CT molecular complexity index is 853. The van der Waals surface area contributed by atoms with Gasteiger partial charge in [0.05, 0.1) is 5.69 Å². The Morgan fingerprint density at radius 3 is 2.08 bits per heavy atom. The highest BCUT2D eigenvalue weighted by molar-refractivity contribution is 5.83. The topological polar surface area (TPSA) is 15.6 Å². The quantitative estimate of drug-likeness (QED) is 0.602. The summed E-state index contributed by atoms with van der Waals surface area (Å²) in [6, 6.07) is 25.5. The minimum absolute atomic E-state index is 0.993. The van der Waals surface area contributed by atoms with Crippen molar-refractivity contribution in [3.8, 4) is 0 Å². The van der Waals surface area contributed by atoms with Crippen molar-refractivity contribution in [2.24, 2.45) is 4.99 Å². The maximum atomic E-state index is 4.60. The molecule has 1 heterocycles. The minimum Gasteiger partial charge on any atom is -0.363 e. The van der Waals surface area contributed by atoms with Crippen molar-refractivity contribution in [2.75, 3.05) is 4.90 Å². The van der Waals surface area contributed by atoms with Gasteiger partial charge in [0.25, 0.3) is 0 Å². The van der Waals surface area contributed by atoms with Crippen molar-refractivity contribution in [3.05, 3.63) is 95.1 Å². The zero-order valence-electron chi connectivity index (χ0n) is 13.8. The van der Waals surface area contributed by atoms with Crippen molar-refractivity contribution < 1.29 is 0 Å². The molecule has 1 aliphatic rings. The van der Waals surface area contributed by atoms with Gasteiger partial charge < -0.3 is 4.90 Å². The van der Waals surface area contributed by atoms with Crippen LogP contribution in [0.3, 0.4) is 0 Å². The van der Waals surface area contributed by atoms with E-state index in [-0.39, 0.29) is 0 Å². The first-order valence-corrected chi connectivity index (χ1v) is 8.31. The molecule has 2 heteroatoms. The molecule has 118 valence electrons. The Hall–Kier alpha value is -2.87. The normalized spacial score (nSPS) is 13.5. The van der Waals surface area contributed by atoms with Gasteiger partial charge in [-0.3, -0.25) is 4.99 Å². The Kier molecular flexibility index (Phi) is 3.87. The molecule has 0 aliphatic carbocycles. The van der Waals surface area contributed by atoms with E-state index in [2.05, 4.69) is 71.4 Å². The predicted molar refractivity (Wildman–Crippen MR) is 101 cm³/mol. The van der Waals surface area contributed by atoms with Crippen LogP contribution in [0.1, 0.15) is 22.3 Å². The van der Waals surface area contributed by atoms with Gasteiger partial charge in [0.2, 0.25) is 0 Å². The minimum atomic E-state index is 0.993. The molecule has 0 saturated heterocycles. The molecular formula is C22H20N2. The average molecular weight is 312 g/mol. The summed E-state index contributed by atoms with van der Waals surface area (Å²) >= 11 is 0. The molecule has 3 aromatic carbocycles. The highest BCUT2D eigenvalue weighted by Crippen LogP contribution is 2.28. The van der Waals surface area contributed by atoms with E-state index >= 15 is 0 Å². The molecule has 0 spiro atoms. The molecule has 3 aromatic rings. The van der Waals surface area contributed by atoms with Crippen LogP contribution >= 0.6 is 0 Å². The van der Waals surface area contributed by atoms with Crippen LogP contribution in [0.25, 0.3) is 0 Å². The van der Waals surface area contributed by atoms with Gasteiger partial charge in [-0.1, -0.05) is 54.6 Å². The molecule has 0 N–H and O–H groups in total. The van der Waals surface area contributed by atoms with Crippen molar-refractivity contribution in [2.45, 2.75) is 20.0 Å². The SMILES string of the molecule is Cc1ccccc1N=Cc1ccc(N2Cc3ccccc3C2)cc1. The second-order valence-corrected chi connectivity index (χ2v) is 6.26. The summed E-state index contributed by atoms with van der Waals surface area (Å²) in [4.78, 5) is 7.01. The van der Waals surface area contributed by atoms with E-state index < -0.39 is 0 Å². The van der Waals surface area contributed by atoms with Crippen molar-refractivity contribution >= 4 is 17.6 Å². The number of para-hydroxylation sites is 1. The first-order chi connectivity index (χ1) is 11.8. The van der Waals surface area contributed by atoms with Crippen LogP contribution in [0.4, 0.5) is 11.4 Å². The number of rotatable bonds is 3. The molecule has 0 unspecified atom stereocenters. The first kappa shape index (κ1) is 14.7. The molecule has 0 fully saturated rings. The van der Waals surface area contributed by atoms with Gasteiger partial charge in [0.1, 0.15) is 0 Å². The molecule has 0 saturated carbocycles. The third kappa shape index (κ3) is 2.95. The van der Waals surface area contributed by atoms with Crippen LogP contribution < -0.4 is 4.90 Å². The number of aliphatic imine (C=N–C) groups is 1. The molecule has 24 heavy (non-hydrogen) atoms. The Morgan fingerprint density at radius 1 is 0.792 bits per heavy atom. The van der Waals surface area contributed by atoms with Crippen molar-refractivity contribution in [1.29, 1.82) is 0 Å². The molecular weight excluding hydrogens is 292 g/mol. The molecule has 4 rings (SSSR count). The molecule has 0 atom stereocenters. The number of aryl methyl sites for hydroxylation is 1. The molecule has 0 amide bonds. The van der Waals surface area contributed by atoms with Gasteiger partial charge in [0, 0.05) is 25.0 Å². The summed E-state index contributed by atoms with van der Waals surface area (Å²) in [6.45, 7) is 4.07. The maximum Gasteiger partial charge on any atom is 0.0659 e. The standard InChI is InChI=1S/C22H20N2/c1-17-6-2-5-9-22(17)23-14-18-10-12-21(13-11-18)24-15-19-7-3-4-8-20(19)16-24/h2-14H,15-16H2,1H3. The highest BCUT2D eigenvalue weighted by atomic mass is 15.1. The summed E-state index contributed by atoms with van der Waals surface area (Å²) in [6.07, 6.45) is 1.94. The number of nitrogens with zero attached hydrogens (tertiary/aromatic N) is 2. The molecule has 1 aliphatic heterocycles. The van der Waals surface area contributed by atoms with E-state index in [1.165, 1.54) is 22.4 Å². The van der Waals surface area contributed by atoms with E-state index in [1.807, 2.05) is 24.4 Å². The summed E-state index contributed by atoms with van der Waals surface area (Å²) < 4.78 is 0. The highest BCUT2D eigenvalue weighted by Gasteiger charge is 2.18. The zero-order valence-corrected chi connectivity index (χ0v) is 13.8. The Labute approximate surface area is 143 Å². The summed E-state index contributed by atoms with van der Waals surface area (Å²) in [5.74, 6) is 0. The third-order valence-corrected chi connectivity index (χ3v) is 4.57. The summed E-state index contributed by atoms with van der Waals surface area (Å²) in [7, 11) is 0. The van der Waals surface area contributed by atoms with Crippen LogP contribution in [0.15, 0.2) is 77.8 Å². The number of hydrogen-bond donors (Lipinski definition) is 0. The van der Waals surface area contributed by atoms with Gasteiger partial charge in [-0.15, -0.1) is 0 Å². The van der Waals surface area contributed by atoms with Crippen molar-refractivity contribution in [3.63, 3.8) is 0 Å². The van der Waals surface area contributed by atoms with Crippen LogP contribution in [-0.2, 0) is 13.1 Å². The molecule has 0 radical (unpaired) electrons. The third-order valence-electron chi connectivity index (χ3n) is 4.57. The van der Waals surface area contributed by atoms with E-state index in [9.17, 15) is 0 Å². The lowest BCUT2D eigenvalue weighted by Crippen LogP contribution is -2.14. The first-order valence-electron chi connectivity index (χ1n) is 8.31. The number of fused-ring (bicyclic) bond motifs is 1. The number of benzene rings is 3. The van der Waals surface area contributed by atoms with Crippen LogP contribution in [0, 0.1) is 6.92 Å². The Morgan fingerprint density at radius 2 is 1.42 bits per heavy atom. The molecule has 0 aromatic heterocycles. The molecule has 2 nitrogen and oxygen atoms in total. The van der Waals surface area contributed by atoms with E-state index in [1.54, 1.807) is 0 Å². The summed E-state index contributed by atoms with van der Waals surface area (Å²) in [5, 5.41) is 0. The fourth-order valence-electron chi connectivity index (χ4n) is 3.14. The van der Waals surface area contributed by atoms with Gasteiger partial charge in [-0.05, 0) is 47.4 Å². The summed E-state index contributed by atoms with van der Waals surface area (Å²) in [5.41, 5.74) is 7.47. The van der Waals surface area contributed by atoms with Crippen LogP contribution in [0.2, 0.25) is 0 Å². The van der Waals surface area contributed by atoms with Gasteiger partial charge in [-0.2, -0.15) is 0 Å². The number of anilines is 1. The zero-order chi connectivity index (χ0) is 16.4. The monoisotopic (exact) mass is 312 g/mol. The Balaban J connectivity index is 1.49. The fourth-order valence-corrected chi connectivity index (χ4v) is 3.14. The van der Waals surface area contributed by atoms with Gasteiger partial charge >= 0.3 is 0 Å². The predicted octanol–water partition coefficient (Wildman–Crippen LogP) is 5.27. The lowest BCUT2D eigenvalue weighted by Gasteiger charge is -2.17. The van der Waals surface area contributed by atoms with Gasteiger partial charge in [0.15, 0.2) is 0 Å². The second kappa shape index (κ2) is 6.32. The van der Waals surface area contributed by atoms with E-state index in [4.69, 9.17) is 0 Å². The molecule has 0 bridgehead atoms. The lowest BCUT2D eigenvalue weighted by atomic mass is 10.1. The van der Waals surface area contributed by atoms with Crippen LogP contribution in [0.5, 0.6) is 0 Å². The van der Waals surface area contributed by atoms with Crippen LogP contribution in [-0.4, -0.2) is 6.21 Å². The van der Waals surface area contributed by atoms with E-state index in [0.29, 0.717) is 0 Å². The maximum absolute atomic E-state index is 4.60. The largest absolute Gasteiger partial charge is 0.363 e. The smallest absolute Gasteiger partial charge is 0.0659 e. The van der Waals surface area contributed by atoms with E-state index in [0.717, 1.165) is 24.3 Å². The lowest BCUT2D eigenvalue weighted by molar-refractivity contribution is 0.880. The fraction of sp³-hybridized carbons (Fsp3) is 0.136. The van der Waals surface area contributed by atoms with Gasteiger partial charge in [-0.25, -0.2) is 0 Å². The average Bonchev–Trinajstić information content (AvgIpc) is 3.06. The second-order valence-electron chi connectivity index (χ2n) is 6.26. The van der Waals surface area contributed by atoms with Crippen molar-refractivity contribution in [1.82, 2.24) is 0 Å². The number of hydrogen-bond acceptors (Lipinski definition) is 2.